The molecule has 0 spiro atoms. The van der Waals surface area contributed by atoms with Crippen molar-refractivity contribution in [2.75, 3.05) is 13.2 Å². The molecule has 1 aliphatic heterocycles. The quantitative estimate of drug-likeness (QED) is 0.254. The lowest BCUT2D eigenvalue weighted by atomic mass is 9.93. The van der Waals surface area contributed by atoms with Gasteiger partial charge in [-0.25, -0.2) is 0 Å². The van der Waals surface area contributed by atoms with Crippen LogP contribution in [-0.2, 0) is 16.0 Å². The number of likely N-dealkylation sites (tertiary alicyclic amines) is 1. The molecule has 35 heavy (non-hydrogen) atoms. The molecule has 1 saturated heterocycles. The van der Waals surface area contributed by atoms with Crippen molar-refractivity contribution in [3.05, 3.63) is 107 Å². The number of aliphatic hydroxyl groups excluding tert-OH is 1. The molecule has 0 saturated carbocycles. The zero-order valence-electron chi connectivity index (χ0n) is 20.4. The molecule has 1 heterocycles. The molecule has 0 radical (unpaired) electrons. The molecule has 180 valence electrons. The molecule has 4 rings (SSSR count). The van der Waals surface area contributed by atoms with Crippen molar-refractivity contribution in [1.29, 1.82) is 0 Å². The molecule has 5 nitrogen and oxygen atoms in total. The number of hydrogen-bond donors (Lipinski definition) is 1. The minimum atomic E-state index is -0.671. The van der Waals surface area contributed by atoms with E-state index >= 15 is 0 Å². The van der Waals surface area contributed by atoms with Gasteiger partial charge in [-0.2, -0.15) is 0 Å². The van der Waals surface area contributed by atoms with Gasteiger partial charge in [0.15, 0.2) is 0 Å². The number of hydrogen-bond acceptors (Lipinski definition) is 4. The number of ether oxygens (including phenoxy) is 1. The normalized spacial score (nSPS) is 17.3. The third-order valence-electron chi connectivity index (χ3n) is 6.36. The monoisotopic (exact) mass is 469 g/mol. The van der Waals surface area contributed by atoms with Crippen molar-refractivity contribution < 1.29 is 19.4 Å². The zero-order valence-corrected chi connectivity index (χ0v) is 20.4. The molecule has 5 heteroatoms. The average molecular weight is 470 g/mol. The molecule has 1 N–H and O–H groups in total. The van der Waals surface area contributed by atoms with E-state index in [-0.39, 0.29) is 11.3 Å². The van der Waals surface area contributed by atoms with Gasteiger partial charge in [-0.1, -0.05) is 80.6 Å². The maximum Gasteiger partial charge on any atom is 0.295 e. The van der Waals surface area contributed by atoms with Crippen LogP contribution in [-0.4, -0.2) is 34.8 Å². The number of carbonyl (C=O) groups excluding carboxylic acids is 2. The highest BCUT2D eigenvalue weighted by molar-refractivity contribution is 6.46. The highest BCUT2D eigenvalue weighted by Crippen LogP contribution is 2.40. The molecule has 0 aliphatic carbocycles. The Morgan fingerprint density at radius 1 is 0.971 bits per heavy atom. The van der Waals surface area contributed by atoms with E-state index in [1.807, 2.05) is 61.5 Å². The van der Waals surface area contributed by atoms with Gasteiger partial charge in [0.2, 0.25) is 0 Å². The third kappa shape index (κ3) is 5.14. The molecule has 1 unspecified atom stereocenters. The number of ketones is 1. The highest BCUT2D eigenvalue weighted by atomic mass is 16.5. The van der Waals surface area contributed by atoms with E-state index < -0.39 is 17.7 Å². The van der Waals surface area contributed by atoms with Gasteiger partial charge < -0.3 is 14.7 Å². The van der Waals surface area contributed by atoms with Gasteiger partial charge in [0, 0.05) is 12.1 Å². The SMILES string of the molecule is CCOc1cccc(/C(O)=C2\C(=O)C(=O)N(CCc3ccccc3)C2c2ccc(C(C)C)cc2)c1. The van der Waals surface area contributed by atoms with Crippen molar-refractivity contribution in [2.45, 2.75) is 39.2 Å². The first-order chi connectivity index (χ1) is 16.9. The van der Waals surface area contributed by atoms with Crippen LogP contribution in [0.3, 0.4) is 0 Å². The van der Waals surface area contributed by atoms with Crippen LogP contribution in [0.1, 0.15) is 55.0 Å². The minimum Gasteiger partial charge on any atom is -0.507 e. The van der Waals surface area contributed by atoms with Crippen LogP contribution in [0, 0.1) is 0 Å². The van der Waals surface area contributed by atoms with Crippen molar-refractivity contribution in [3.8, 4) is 5.75 Å². The average Bonchev–Trinajstić information content (AvgIpc) is 3.13. The lowest BCUT2D eigenvalue weighted by molar-refractivity contribution is -0.139. The zero-order chi connectivity index (χ0) is 24.9. The fourth-order valence-corrected chi connectivity index (χ4v) is 4.47. The van der Waals surface area contributed by atoms with E-state index in [1.54, 1.807) is 29.2 Å². The van der Waals surface area contributed by atoms with Gasteiger partial charge in [-0.15, -0.1) is 0 Å². The highest BCUT2D eigenvalue weighted by Gasteiger charge is 2.45. The summed E-state index contributed by atoms with van der Waals surface area (Å²) in [6.45, 7) is 6.96. The van der Waals surface area contributed by atoms with Gasteiger partial charge in [-0.3, -0.25) is 9.59 Å². The van der Waals surface area contributed by atoms with Crippen LogP contribution in [0.5, 0.6) is 5.75 Å². The summed E-state index contributed by atoms with van der Waals surface area (Å²) in [5.74, 6) is -0.510. The van der Waals surface area contributed by atoms with E-state index in [0.29, 0.717) is 36.8 Å². The van der Waals surface area contributed by atoms with E-state index in [0.717, 1.165) is 11.1 Å². The summed E-state index contributed by atoms with van der Waals surface area (Å²) in [5.41, 5.74) is 3.59. The Bertz CT molecular complexity index is 1230. The van der Waals surface area contributed by atoms with Gasteiger partial charge in [-0.05, 0) is 48.1 Å². The second-order valence-corrected chi connectivity index (χ2v) is 9.01. The fraction of sp³-hybridized carbons (Fsp3) is 0.267. The smallest absolute Gasteiger partial charge is 0.295 e. The number of amides is 1. The van der Waals surface area contributed by atoms with E-state index in [1.165, 1.54) is 5.56 Å². The second kappa shape index (κ2) is 10.6. The Morgan fingerprint density at radius 3 is 2.34 bits per heavy atom. The third-order valence-corrected chi connectivity index (χ3v) is 6.36. The molecular weight excluding hydrogens is 438 g/mol. The minimum absolute atomic E-state index is 0.106. The summed E-state index contributed by atoms with van der Waals surface area (Å²) in [6.07, 6.45) is 0.605. The van der Waals surface area contributed by atoms with Crippen LogP contribution >= 0.6 is 0 Å². The molecule has 3 aromatic carbocycles. The standard InChI is InChI=1S/C30H31NO4/c1-4-35-25-12-8-11-24(19-25)28(32)26-27(23-15-13-22(14-16-23)20(2)3)31(30(34)29(26)33)18-17-21-9-6-5-7-10-21/h5-16,19-20,27,32H,4,17-18H2,1-3H3/b28-26+. The molecule has 3 aromatic rings. The van der Waals surface area contributed by atoms with E-state index in [4.69, 9.17) is 4.74 Å². The first-order valence-corrected chi connectivity index (χ1v) is 12.1. The largest absolute Gasteiger partial charge is 0.507 e. The fourth-order valence-electron chi connectivity index (χ4n) is 4.47. The van der Waals surface area contributed by atoms with Crippen molar-refractivity contribution in [2.24, 2.45) is 0 Å². The van der Waals surface area contributed by atoms with Crippen LogP contribution in [0.25, 0.3) is 5.76 Å². The van der Waals surface area contributed by atoms with E-state index in [9.17, 15) is 14.7 Å². The number of rotatable bonds is 8. The summed E-state index contributed by atoms with van der Waals surface area (Å²) in [7, 11) is 0. The lowest BCUT2D eigenvalue weighted by Crippen LogP contribution is -2.31. The van der Waals surface area contributed by atoms with Crippen molar-refractivity contribution in [1.82, 2.24) is 4.90 Å². The number of Topliss-reactive ketones (excluding diaryl/α,β-unsaturated/α-hetero) is 1. The van der Waals surface area contributed by atoms with Gasteiger partial charge >= 0.3 is 0 Å². The summed E-state index contributed by atoms with van der Waals surface area (Å²) >= 11 is 0. The Hall–Kier alpha value is -3.86. The number of carbonyl (C=O) groups is 2. The van der Waals surface area contributed by atoms with Crippen LogP contribution in [0.2, 0.25) is 0 Å². The Labute approximate surface area is 206 Å². The van der Waals surface area contributed by atoms with Crippen LogP contribution in [0.4, 0.5) is 0 Å². The Balaban J connectivity index is 1.78. The van der Waals surface area contributed by atoms with Gasteiger partial charge in [0.05, 0.1) is 18.2 Å². The number of nitrogens with zero attached hydrogens (tertiary/aromatic N) is 1. The molecule has 1 atom stereocenters. The number of aliphatic hydroxyl groups is 1. The molecule has 0 aromatic heterocycles. The first-order valence-electron chi connectivity index (χ1n) is 12.1. The molecular formula is C30H31NO4. The van der Waals surface area contributed by atoms with Crippen LogP contribution in [0.15, 0.2) is 84.4 Å². The van der Waals surface area contributed by atoms with Crippen molar-refractivity contribution >= 4 is 17.4 Å². The molecule has 1 amide bonds. The van der Waals surface area contributed by atoms with Gasteiger partial charge in [0.25, 0.3) is 11.7 Å². The van der Waals surface area contributed by atoms with E-state index in [2.05, 4.69) is 13.8 Å². The van der Waals surface area contributed by atoms with Crippen molar-refractivity contribution in [3.63, 3.8) is 0 Å². The Morgan fingerprint density at radius 2 is 1.69 bits per heavy atom. The van der Waals surface area contributed by atoms with Crippen LogP contribution < -0.4 is 4.74 Å². The first kappa shape index (κ1) is 24.3. The molecule has 1 fully saturated rings. The topological polar surface area (TPSA) is 66.8 Å². The summed E-state index contributed by atoms with van der Waals surface area (Å²) in [5, 5.41) is 11.3. The maximum atomic E-state index is 13.3. The molecule has 1 aliphatic rings. The Kier molecular flexibility index (Phi) is 7.35. The lowest BCUT2D eigenvalue weighted by Gasteiger charge is -2.26. The summed E-state index contributed by atoms with van der Waals surface area (Å²) in [4.78, 5) is 28.1. The molecule has 0 bridgehead atoms. The predicted octanol–water partition coefficient (Wildman–Crippen LogP) is 5.87. The number of benzene rings is 3. The maximum absolute atomic E-state index is 13.3. The van der Waals surface area contributed by atoms with Gasteiger partial charge in [0.1, 0.15) is 11.5 Å². The predicted molar refractivity (Wildman–Crippen MR) is 137 cm³/mol. The summed E-state index contributed by atoms with van der Waals surface area (Å²) in [6, 6.07) is 24.1. The second-order valence-electron chi connectivity index (χ2n) is 9.01. The summed E-state index contributed by atoms with van der Waals surface area (Å²) < 4.78 is 5.57.